The van der Waals surface area contributed by atoms with Gasteiger partial charge in [-0.3, -0.25) is 9.36 Å². The van der Waals surface area contributed by atoms with E-state index in [0.717, 1.165) is 35.5 Å². The molecule has 0 saturated carbocycles. The molecule has 0 radical (unpaired) electrons. The molecule has 6 rings (SSSR count). The van der Waals surface area contributed by atoms with Crippen LogP contribution < -0.4 is 16.0 Å². The van der Waals surface area contributed by atoms with Crippen LogP contribution in [0.15, 0.2) is 58.1 Å². The lowest BCUT2D eigenvalue weighted by atomic mass is 9.87. The van der Waals surface area contributed by atoms with Gasteiger partial charge in [-0.15, -0.1) is 23.7 Å². The molecular weight excluding hydrogens is 434 g/mol. The lowest BCUT2D eigenvalue weighted by Crippen LogP contribution is -2.38. The smallest absolute Gasteiger partial charge is 0.328 e. The Morgan fingerprint density at radius 2 is 1.84 bits per heavy atom. The van der Waals surface area contributed by atoms with Crippen molar-refractivity contribution in [1.82, 2.24) is 14.5 Å². The molecule has 160 valence electrons. The average Bonchev–Trinajstić information content (AvgIpc) is 3.35. The molecule has 0 amide bonds. The zero-order valence-electron chi connectivity index (χ0n) is 16.7. The molecule has 2 aromatic heterocycles. The number of hydrogen-bond acceptors (Lipinski definition) is 5. The highest BCUT2D eigenvalue weighted by atomic mass is 35.5. The first kappa shape index (κ1) is 20.3. The van der Waals surface area contributed by atoms with Gasteiger partial charge in [-0.1, -0.05) is 36.4 Å². The maximum absolute atomic E-state index is 13.1. The number of nitrogens with zero attached hydrogens (tertiary/aromatic N) is 2. The van der Waals surface area contributed by atoms with E-state index in [1.165, 1.54) is 21.5 Å². The van der Waals surface area contributed by atoms with Gasteiger partial charge in [-0.05, 0) is 17.7 Å². The molecule has 1 N–H and O–H groups in total. The van der Waals surface area contributed by atoms with Crippen molar-refractivity contribution in [2.75, 3.05) is 26.2 Å². The molecule has 0 bridgehead atoms. The number of ether oxygens (including phenoxy) is 1. The van der Waals surface area contributed by atoms with Crippen molar-refractivity contribution in [3.8, 4) is 5.75 Å². The highest BCUT2D eigenvalue weighted by Crippen LogP contribution is 2.41. The summed E-state index contributed by atoms with van der Waals surface area (Å²) in [5, 5.41) is 0.932. The number of para-hydroxylation sites is 1. The fraction of sp³-hybridized carbons (Fsp3) is 0.304. The molecule has 6 nitrogen and oxygen atoms in total. The summed E-state index contributed by atoms with van der Waals surface area (Å²) in [5.74, 6) is 1.90. The molecular formula is C23H22ClN3O3S. The number of rotatable bonds is 3. The Morgan fingerprint density at radius 3 is 2.74 bits per heavy atom. The van der Waals surface area contributed by atoms with Crippen LogP contribution in [0.5, 0.6) is 5.75 Å². The van der Waals surface area contributed by atoms with E-state index in [9.17, 15) is 9.59 Å². The van der Waals surface area contributed by atoms with Gasteiger partial charge in [0.15, 0.2) is 0 Å². The van der Waals surface area contributed by atoms with E-state index in [2.05, 4.69) is 22.0 Å². The predicted octanol–water partition coefficient (Wildman–Crippen LogP) is 3.43. The second-order valence-electron chi connectivity index (χ2n) is 8.16. The van der Waals surface area contributed by atoms with E-state index in [1.807, 2.05) is 36.4 Å². The molecule has 1 fully saturated rings. The quantitative estimate of drug-likeness (QED) is 0.514. The van der Waals surface area contributed by atoms with Gasteiger partial charge in [0.2, 0.25) is 0 Å². The highest BCUT2D eigenvalue weighted by Gasteiger charge is 2.38. The summed E-state index contributed by atoms with van der Waals surface area (Å²) >= 11 is 1.44. The van der Waals surface area contributed by atoms with E-state index >= 15 is 0 Å². The summed E-state index contributed by atoms with van der Waals surface area (Å²) in [6, 6.07) is 16.1. The van der Waals surface area contributed by atoms with Crippen LogP contribution in [-0.2, 0) is 6.54 Å². The largest absolute Gasteiger partial charge is 0.493 e. The number of halogens is 1. The van der Waals surface area contributed by atoms with Crippen LogP contribution in [0.25, 0.3) is 20.3 Å². The fourth-order valence-corrected chi connectivity index (χ4v) is 6.04. The first-order valence-corrected chi connectivity index (χ1v) is 11.1. The molecule has 4 aromatic rings. The van der Waals surface area contributed by atoms with Gasteiger partial charge in [0.25, 0.3) is 5.56 Å². The topological polar surface area (TPSA) is 67.3 Å². The molecule has 0 unspecified atom stereocenters. The molecule has 2 aromatic carbocycles. The second kappa shape index (κ2) is 7.82. The van der Waals surface area contributed by atoms with Crippen molar-refractivity contribution in [1.29, 1.82) is 0 Å². The minimum absolute atomic E-state index is 0. The number of aromatic nitrogens is 2. The van der Waals surface area contributed by atoms with Crippen LogP contribution in [0.1, 0.15) is 11.5 Å². The number of thiophene rings is 1. The Bertz CT molecular complexity index is 1390. The lowest BCUT2D eigenvalue weighted by Gasteiger charge is -2.27. The third-order valence-corrected chi connectivity index (χ3v) is 7.60. The summed E-state index contributed by atoms with van der Waals surface area (Å²) in [4.78, 5) is 31.0. The summed E-state index contributed by atoms with van der Waals surface area (Å²) in [5.41, 5.74) is 1.40. The van der Waals surface area contributed by atoms with Crippen LogP contribution in [0.4, 0.5) is 0 Å². The normalized spacial score (nSPS) is 20.3. The third-order valence-electron chi connectivity index (χ3n) is 6.44. The monoisotopic (exact) mass is 455 g/mol. The minimum Gasteiger partial charge on any atom is -0.493 e. The molecule has 1 saturated heterocycles. The van der Waals surface area contributed by atoms with Crippen LogP contribution >= 0.6 is 23.7 Å². The molecule has 2 atom stereocenters. The first-order chi connectivity index (χ1) is 14.7. The SMILES string of the molecule is Cl.O=c1[nH]c2c(sc3ccccc32)c(=O)n1CCN1C[C@@H]2COc3ccccc3[C@@H]2C1. The lowest BCUT2D eigenvalue weighted by molar-refractivity contribution is 0.212. The maximum Gasteiger partial charge on any atom is 0.328 e. The van der Waals surface area contributed by atoms with E-state index in [4.69, 9.17) is 4.74 Å². The van der Waals surface area contributed by atoms with Crippen LogP contribution in [0, 0.1) is 5.92 Å². The first-order valence-electron chi connectivity index (χ1n) is 10.3. The van der Waals surface area contributed by atoms with Gasteiger partial charge in [0.05, 0.1) is 12.1 Å². The second-order valence-corrected chi connectivity index (χ2v) is 9.22. The van der Waals surface area contributed by atoms with Crippen molar-refractivity contribution in [2.24, 2.45) is 5.92 Å². The van der Waals surface area contributed by atoms with Crippen LogP contribution in [0.3, 0.4) is 0 Å². The van der Waals surface area contributed by atoms with E-state index in [-0.39, 0.29) is 23.7 Å². The average molecular weight is 456 g/mol. The number of hydrogen-bond donors (Lipinski definition) is 1. The fourth-order valence-electron chi connectivity index (χ4n) is 4.93. The summed E-state index contributed by atoms with van der Waals surface area (Å²) < 4.78 is 8.91. The van der Waals surface area contributed by atoms with Crippen molar-refractivity contribution in [2.45, 2.75) is 12.5 Å². The van der Waals surface area contributed by atoms with Crippen molar-refractivity contribution in [3.05, 3.63) is 74.9 Å². The zero-order chi connectivity index (χ0) is 20.2. The van der Waals surface area contributed by atoms with Crippen LogP contribution in [0.2, 0.25) is 0 Å². The van der Waals surface area contributed by atoms with Gasteiger partial charge in [-0.2, -0.15) is 0 Å². The van der Waals surface area contributed by atoms with E-state index < -0.39 is 0 Å². The maximum atomic E-state index is 13.1. The standard InChI is InChI=1S/C23H21N3O3S.ClH/c27-22-21-20(16-6-2-4-8-19(16)30-21)24-23(28)26(22)10-9-25-11-14-13-29-18-7-3-1-5-15(18)17(14)12-25;/h1-8,14,17H,9-13H2,(H,24,28);1H/t14-,17-;/m1./s1. The molecule has 31 heavy (non-hydrogen) atoms. The number of nitrogens with one attached hydrogen (secondary N) is 1. The molecule has 4 heterocycles. The molecule has 0 spiro atoms. The predicted molar refractivity (Wildman–Crippen MR) is 126 cm³/mol. The Kier molecular flexibility index (Phi) is 5.12. The van der Waals surface area contributed by atoms with Gasteiger partial charge >= 0.3 is 5.69 Å². The Hall–Kier alpha value is -2.61. The number of aromatic amines is 1. The van der Waals surface area contributed by atoms with Gasteiger partial charge in [0, 0.05) is 48.1 Å². The number of H-pyrrole nitrogens is 1. The van der Waals surface area contributed by atoms with E-state index in [0.29, 0.717) is 35.1 Å². The molecule has 2 aliphatic rings. The third kappa shape index (κ3) is 3.28. The zero-order valence-corrected chi connectivity index (χ0v) is 18.4. The minimum atomic E-state index is -0.332. The Morgan fingerprint density at radius 1 is 1.03 bits per heavy atom. The number of benzene rings is 2. The van der Waals surface area contributed by atoms with Gasteiger partial charge in [0.1, 0.15) is 10.4 Å². The molecule has 8 heteroatoms. The Balaban J connectivity index is 0.00000204. The van der Waals surface area contributed by atoms with Crippen LogP contribution in [-0.4, -0.2) is 40.7 Å². The summed E-state index contributed by atoms with van der Waals surface area (Å²) in [6.07, 6.45) is 0. The summed E-state index contributed by atoms with van der Waals surface area (Å²) in [7, 11) is 0. The highest BCUT2D eigenvalue weighted by molar-refractivity contribution is 7.25. The summed E-state index contributed by atoms with van der Waals surface area (Å²) in [6.45, 7) is 3.65. The van der Waals surface area contributed by atoms with Gasteiger partial charge in [-0.25, -0.2) is 4.79 Å². The Labute approximate surface area is 188 Å². The van der Waals surface area contributed by atoms with Crippen molar-refractivity contribution >= 4 is 44.0 Å². The number of likely N-dealkylation sites (tertiary alicyclic amines) is 1. The van der Waals surface area contributed by atoms with E-state index in [1.54, 1.807) is 0 Å². The van der Waals surface area contributed by atoms with Crippen molar-refractivity contribution in [3.63, 3.8) is 0 Å². The number of fused-ring (bicyclic) bond motifs is 6. The van der Waals surface area contributed by atoms with Crippen molar-refractivity contribution < 1.29 is 4.74 Å². The molecule has 2 aliphatic heterocycles. The van der Waals surface area contributed by atoms with Gasteiger partial charge < -0.3 is 14.6 Å². The molecule has 0 aliphatic carbocycles.